The molecule has 0 bridgehead atoms. The summed E-state index contributed by atoms with van der Waals surface area (Å²) in [4.78, 5) is 8.43. The molecule has 19 heavy (non-hydrogen) atoms. The monoisotopic (exact) mass is 272 g/mol. The Kier molecular flexibility index (Phi) is 3.88. The van der Waals surface area contributed by atoms with Crippen molar-refractivity contribution < 1.29 is 4.74 Å². The average Bonchev–Trinajstić information content (AvgIpc) is 2.46. The highest BCUT2D eigenvalue weighted by molar-refractivity contribution is 7.98. The molecule has 1 aromatic heterocycles. The second-order valence-corrected chi connectivity index (χ2v) is 4.44. The topological polar surface area (TPSA) is 84.8 Å². The number of aromatic nitrogens is 2. The van der Waals surface area contributed by atoms with Gasteiger partial charge in [0.05, 0.1) is 12.8 Å². The van der Waals surface area contributed by atoms with Gasteiger partial charge in [-0.1, -0.05) is 23.9 Å². The van der Waals surface area contributed by atoms with E-state index in [-0.39, 0.29) is 11.4 Å². The number of hydrogen-bond acceptors (Lipinski definition) is 6. The SMILES string of the molecule is COc1cccc(-c2nc(SC)nc(N)c2C#N)c1. The standard InChI is InChI=1S/C13H12N4OS/c1-18-9-5-3-4-8(6-9)11-10(7-14)12(15)17-13(16-11)19-2/h3-6H,1-2H3,(H2,15,16,17). The van der Waals surface area contributed by atoms with Crippen LogP contribution in [-0.2, 0) is 0 Å². The predicted molar refractivity (Wildman–Crippen MR) is 74.9 cm³/mol. The van der Waals surface area contributed by atoms with E-state index >= 15 is 0 Å². The van der Waals surface area contributed by atoms with E-state index in [1.165, 1.54) is 11.8 Å². The van der Waals surface area contributed by atoms with Gasteiger partial charge in [0.2, 0.25) is 0 Å². The van der Waals surface area contributed by atoms with Crippen molar-refractivity contribution in [3.05, 3.63) is 29.8 Å². The van der Waals surface area contributed by atoms with Crippen molar-refractivity contribution in [3.63, 3.8) is 0 Å². The van der Waals surface area contributed by atoms with Gasteiger partial charge < -0.3 is 10.5 Å². The minimum absolute atomic E-state index is 0.194. The van der Waals surface area contributed by atoms with Crippen LogP contribution in [0.25, 0.3) is 11.3 Å². The molecular formula is C13H12N4OS. The van der Waals surface area contributed by atoms with Gasteiger partial charge in [0.25, 0.3) is 0 Å². The number of hydrogen-bond donors (Lipinski definition) is 1. The van der Waals surface area contributed by atoms with Crippen molar-refractivity contribution in [3.8, 4) is 23.1 Å². The molecule has 1 heterocycles. The van der Waals surface area contributed by atoms with Crippen LogP contribution in [0.3, 0.4) is 0 Å². The molecule has 0 fully saturated rings. The van der Waals surface area contributed by atoms with Gasteiger partial charge in [-0.15, -0.1) is 0 Å². The van der Waals surface area contributed by atoms with E-state index in [2.05, 4.69) is 16.0 Å². The molecule has 0 unspecified atom stereocenters. The second-order valence-electron chi connectivity index (χ2n) is 3.66. The number of thioether (sulfide) groups is 1. The Morgan fingerprint density at radius 3 is 2.79 bits per heavy atom. The van der Waals surface area contributed by atoms with Crippen molar-refractivity contribution >= 4 is 17.6 Å². The Labute approximate surface area is 115 Å². The van der Waals surface area contributed by atoms with Crippen LogP contribution >= 0.6 is 11.8 Å². The Morgan fingerprint density at radius 2 is 2.16 bits per heavy atom. The van der Waals surface area contributed by atoms with Gasteiger partial charge in [0.1, 0.15) is 23.2 Å². The highest BCUT2D eigenvalue weighted by Crippen LogP contribution is 2.28. The molecule has 0 aliphatic rings. The summed E-state index contributed by atoms with van der Waals surface area (Å²) in [6.45, 7) is 0. The van der Waals surface area contributed by atoms with Crippen LogP contribution in [-0.4, -0.2) is 23.3 Å². The lowest BCUT2D eigenvalue weighted by Gasteiger charge is -2.08. The van der Waals surface area contributed by atoms with Crippen molar-refractivity contribution in [1.82, 2.24) is 9.97 Å². The van der Waals surface area contributed by atoms with Crippen molar-refractivity contribution in [1.29, 1.82) is 5.26 Å². The Balaban J connectivity index is 2.66. The van der Waals surface area contributed by atoms with E-state index in [1.807, 2.05) is 30.5 Å². The highest BCUT2D eigenvalue weighted by atomic mass is 32.2. The molecule has 6 heteroatoms. The maximum Gasteiger partial charge on any atom is 0.189 e. The normalized spacial score (nSPS) is 9.95. The van der Waals surface area contributed by atoms with Gasteiger partial charge in [-0.25, -0.2) is 9.97 Å². The zero-order valence-corrected chi connectivity index (χ0v) is 11.4. The summed E-state index contributed by atoms with van der Waals surface area (Å²) in [5.74, 6) is 0.893. The smallest absolute Gasteiger partial charge is 0.189 e. The molecule has 2 N–H and O–H groups in total. The molecule has 0 atom stereocenters. The maximum absolute atomic E-state index is 9.20. The first-order valence-electron chi connectivity index (χ1n) is 5.45. The zero-order valence-electron chi connectivity index (χ0n) is 10.5. The summed E-state index contributed by atoms with van der Waals surface area (Å²) < 4.78 is 5.17. The van der Waals surface area contributed by atoms with Gasteiger partial charge in [-0.05, 0) is 18.4 Å². The molecule has 0 aliphatic heterocycles. The minimum Gasteiger partial charge on any atom is -0.497 e. The van der Waals surface area contributed by atoms with E-state index in [4.69, 9.17) is 10.5 Å². The lowest BCUT2D eigenvalue weighted by atomic mass is 10.1. The first-order chi connectivity index (χ1) is 9.19. The van der Waals surface area contributed by atoms with Crippen LogP contribution in [0.4, 0.5) is 5.82 Å². The summed E-state index contributed by atoms with van der Waals surface area (Å²) in [7, 11) is 1.59. The molecule has 0 saturated carbocycles. The quantitative estimate of drug-likeness (QED) is 0.681. The van der Waals surface area contributed by atoms with Crippen LogP contribution in [0.2, 0.25) is 0 Å². The Bertz CT molecular complexity index is 652. The van der Waals surface area contributed by atoms with Gasteiger partial charge in [-0.2, -0.15) is 5.26 Å². The zero-order chi connectivity index (χ0) is 13.8. The molecule has 2 rings (SSSR count). The summed E-state index contributed by atoms with van der Waals surface area (Å²) in [6, 6.07) is 9.39. The number of ether oxygens (including phenoxy) is 1. The third-order valence-electron chi connectivity index (χ3n) is 2.55. The minimum atomic E-state index is 0.194. The number of methoxy groups -OCH3 is 1. The summed E-state index contributed by atoms with van der Waals surface area (Å²) in [6.07, 6.45) is 1.86. The number of nitrogen functional groups attached to an aromatic ring is 1. The fourth-order valence-corrected chi connectivity index (χ4v) is 2.01. The van der Waals surface area contributed by atoms with Crippen molar-refractivity contribution in [2.75, 3.05) is 19.1 Å². The highest BCUT2D eigenvalue weighted by Gasteiger charge is 2.14. The number of anilines is 1. The number of rotatable bonds is 3. The average molecular weight is 272 g/mol. The maximum atomic E-state index is 9.20. The third-order valence-corrected chi connectivity index (χ3v) is 3.10. The van der Waals surface area contributed by atoms with E-state index in [0.717, 1.165) is 5.56 Å². The van der Waals surface area contributed by atoms with E-state index in [0.29, 0.717) is 16.6 Å². The molecule has 1 aromatic carbocycles. The molecule has 0 radical (unpaired) electrons. The van der Waals surface area contributed by atoms with Gasteiger partial charge in [0.15, 0.2) is 5.16 Å². The Morgan fingerprint density at radius 1 is 1.37 bits per heavy atom. The third kappa shape index (κ3) is 2.61. The van der Waals surface area contributed by atoms with E-state index in [1.54, 1.807) is 7.11 Å². The molecule has 0 aliphatic carbocycles. The number of benzene rings is 1. The van der Waals surface area contributed by atoms with Crippen LogP contribution in [0.15, 0.2) is 29.4 Å². The molecule has 0 spiro atoms. The predicted octanol–water partition coefficient (Wildman–Crippen LogP) is 2.33. The number of nitrogens with zero attached hydrogens (tertiary/aromatic N) is 3. The number of nitrogens with two attached hydrogens (primary N) is 1. The molecule has 2 aromatic rings. The van der Waals surface area contributed by atoms with E-state index in [9.17, 15) is 5.26 Å². The second kappa shape index (κ2) is 5.59. The summed E-state index contributed by atoms with van der Waals surface area (Å²) in [5.41, 5.74) is 7.39. The van der Waals surface area contributed by atoms with Crippen molar-refractivity contribution in [2.24, 2.45) is 0 Å². The van der Waals surface area contributed by atoms with E-state index < -0.39 is 0 Å². The Hall–Kier alpha value is -2.26. The first kappa shape index (κ1) is 13.2. The fourth-order valence-electron chi connectivity index (χ4n) is 1.64. The first-order valence-corrected chi connectivity index (χ1v) is 6.68. The van der Waals surface area contributed by atoms with Gasteiger partial charge in [-0.3, -0.25) is 0 Å². The molecule has 5 nitrogen and oxygen atoms in total. The molecular weight excluding hydrogens is 260 g/mol. The summed E-state index contributed by atoms with van der Waals surface area (Å²) in [5, 5.41) is 9.74. The molecule has 0 amide bonds. The number of nitriles is 1. The lowest BCUT2D eigenvalue weighted by Crippen LogP contribution is -2.02. The fraction of sp³-hybridized carbons (Fsp3) is 0.154. The van der Waals surface area contributed by atoms with Crippen LogP contribution in [0, 0.1) is 11.3 Å². The lowest BCUT2D eigenvalue weighted by molar-refractivity contribution is 0.415. The van der Waals surface area contributed by atoms with Crippen molar-refractivity contribution in [2.45, 2.75) is 5.16 Å². The van der Waals surface area contributed by atoms with Crippen LogP contribution in [0.5, 0.6) is 5.75 Å². The molecule has 0 saturated heterocycles. The van der Waals surface area contributed by atoms with Crippen LogP contribution < -0.4 is 10.5 Å². The largest absolute Gasteiger partial charge is 0.497 e. The summed E-state index contributed by atoms with van der Waals surface area (Å²) >= 11 is 1.38. The van der Waals surface area contributed by atoms with Gasteiger partial charge in [0, 0.05) is 5.56 Å². The van der Waals surface area contributed by atoms with Gasteiger partial charge >= 0.3 is 0 Å². The van der Waals surface area contributed by atoms with Crippen LogP contribution in [0.1, 0.15) is 5.56 Å². The molecule has 96 valence electrons.